The van der Waals surface area contributed by atoms with Gasteiger partial charge in [-0.05, 0) is 32.2 Å². The highest BCUT2D eigenvalue weighted by Crippen LogP contribution is 2.25. The Bertz CT molecular complexity index is 397. The Kier molecular flexibility index (Phi) is 11.8. The average molecular weight is 484 g/mol. The zero-order chi connectivity index (χ0) is 17.4. The van der Waals surface area contributed by atoms with E-state index in [-0.39, 0.29) is 24.0 Å². The van der Waals surface area contributed by atoms with Crippen molar-refractivity contribution in [2.75, 3.05) is 58.7 Å². The first-order valence-corrected chi connectivity index (χ1v) is 10.6. The third-order valence-corrected chi connectivity index (χ3v) is 6.54. The number of ether oxygens (including phenoxy) is 1. The number of hydrogen-bond donors (Lipinski definition) is 1. The van der Waals surface area contributed by atoms with Crippen LogP contribution >= 0.6 is 35.7 Å². The molecule has 2 saturated heterocycles. The van der Waals surface area contributed by atoms with Crippen molar-refractivity contribution in [2.24, 2.45) is 10.9 Å². The topological polar surface area (TPSA) is 40.1 Å². The summed E-state index contributed by atoms with van der Waals surface area (Å²) in [6.45, 7) is 13.9. The molecule has 25 heavy (non-hydrogen) atoms. The summed E-state index contributed by atoms with van der Waals surface area (Å²) < 4.78 is 5.25. The van der Waals surface area contributed by atoms with Gasteiger partial charge in [-0.1, -0.05) is 13.8 Å². The van der Waals surface area contributed by atoms with Crippen molar-refractivity contribution >= 4 is 41.7 Å². The van der Waals surface area contributed by atoms with E-state index in [0.717, 1.165) is 51.2 Å². The highest BCUT2D eigenvalue weighted by Gasteiger charge is 2.27. The smallest absolute Gasteiger partial charge is 0.194 e. The molecule has 2 rings (SSSR count). The minimum Gasteiger partial charge on any atom is -0.383 e. The van der Waals surface area contributed by atoms with Crippen LogP contribution in [0, 0.1) is 5.92 Å². The normalized spacial score (nSPS) is 25.3. The number of likely N-dealkylation sites (tertiary alicyclic amines) is 1. The van der Waals surface area contributed by atoms with Crippen molar-refractivity contribution in [3.05, 3.63) is 0 Å². The summed E-state index contributed by atoms with van der Waals surface area (Å²) in [4.78, 5) is 10.0. The molecule has 0 aliphatic carbocycles. The van der Waals surface area contributed by atoms with E-state index in [1.807, 2.05) is 0 Å². The number of nitrogens with zero attached hydrogens (tertiary/aromatic N) is 3. The zero-order valence-electron chi connectivity index (χ0n) is 16.4. The number of thioether (sulfide) groups is 1. The van der Waals surface area contributed by atoms with Gasteiger partial charge < -0.3 is 15.0 Å². The minimum atomic E-state index is 0. The van der Waals surface area contributed by atoms with E-state index in [0.29, 0.717) is 11.3 Å². The van der Waals surface area contributed by atoms with Crippen molar-refractivity contribution in [2.45, 2.75) is 44.9 Å². The van der Waals surface area contributed by atoms with E-state index in [1.54, 1.807) is 7.11 Å². The Labute approximate surface area is 175 Å². The molecule has 0 amide bonds. The van der Waals surface area contributed by atoms with Crippen molar-refractivity contribution in [3.63, 3.8) is 0 Å². The maximum absolute atomic E-state index is 5.25. The Morgan fingerprint density at radius 2 is 2.16 bits per heavy atom. The Balaban J connectivity index is 0.00000312. The molecule has 5 nitrogen and oxygen atoms in total. The minimum absolute atomic E-state index is 0. The molecule has 2 fully saturated rings. The summed E-state index contributed by atoms with van der Waals surface area (Å²) in [6.07, 6.45) is 2.55. The number of guanidine groups is 1. The van der Waals surface area contributed by atoms with Crippen LogP contribution in [0.4, 0.5) is 0 Å². The van der Waals surface area contributed by atoms with E-state index in [9.17, 15) is 0 Å². The summed E-state index contributed by atoms with van der Waals surface area (Å²) in [5.74, 6) is 3.04. The first-order valence-electron chi connectivity index (χ1n) is 9.53. The van der Waals surface area contributed by atoms with Gasteiger partial charge in [0.15, 0.2) is 5.96 Å². The summed E-state index contributed by atoms with van der Waals surface area (Å²) in [6, 6.07) is 0.578. The van der Waals surface area contributed by atoms with Gasteiger partial charge in [0.1, 0.15) is 0 Å². The highest BCUT2D eigenvalue weighted by molar-refractivity contribution is 14.0. The molecule has 2 heterocycles. The fraction of sp³-hybridized carbons (Fsp3) is 0.944. The first-order chi connectivity index (χ1) is 11.7. The van der Waals surface area contributed by atoms with Crippen LogP contribution in [0.3, 0.4) is 0 Å². The molecule has 0 spiro atoms. The third-order valence-electron chi connectivity index (χ3n) is 5.00. The van der Waals surface area contributed by atoms with Crippen molar-refractivity contribution in [3.8, 4) is 0 Å². The van der Waals surface area contributed by atoms with Crippen LogP contribution in [0.2, 0.25) is 0 Å². The number of methoxy groups -OCH3 is 1. The van der Waals surface area contributed by atoms with E-state index in [1.165, 1.54) is 25.1 Å². The second-order valence-corrected chi connectivity index (χ2v) is 8.47. The number of halogens is 1. The summed E-state index contributed by atoms with van der Waals surface area (Å²) in [5, 5.41) is 4.23. The maximum Gasteiger partial charge on any atom is 0.194 e. The molecule has 148 valence electrons. The molecular weight excluding hydrogens is 447 g/mol. The van der Waals surface area contributed by atoms with Crippen LogP contribution in [0.5, 0.6) is 0 Å². The number of rotatable bonds is 7. The fourth-order valence-electron chi connectivity index (χ4n) is 3.49. The SMILES string of the molecule is CCNC(=NCC1CCCN1CCOC)N1CCSC(C(C)C)C1.I. The first kappa shape index (κ1) is 23.3. The Hall–Kier alpha value is 0.270. The largest absolute Gasteiger partial charge is 0.383 e. The standard InChI is InChI=1S/C18H36N4OS.HI/c1-5-19-18(22-10-12-24-17(14-22)15(2)3)20-13-16-7-6-8-21(16)9-11-23-4;/h15-17H,5-14H2,1-4H3,(H,19,20);1H. The van der Waals surface area contributed by atoms with E-state index < -0.39 is 0 Å². The van der Waals surface area contributed by atoms with Gasteiger partial charge in [-0.2, -0.15) is 11.8 Å². The number of aliphatic imine (C=N–C) groups is 1. The fourth-order valence-corrected chi connectivity index (χ4v) is 4.79. The van der Waals surface area contributed by atoms with Gasteiger partial charge in [-0.25, -0.2) is 0 Å². The molecule has 0 aromatic heterocycles. The Morgan fingerprint density at radius 1 is 1.36 bits per heavy atom. The molecule has 7 heteroatoms. The van der Waals surface area contributed by atoms with Crippen LogP contribution in [0.25, 0.3) is 0 Å². The lowest BCUT2D eigenvalue weighted by Gasteiger charge is -2.36. The summed E-state index contributed by atoms with van der Waals surface area (Å²) in [7, 11) is 1.78. The molecule has 0 aromatic rings. The van der Waals surface area contributed by atoms with Gasteiger partial charge in [0.25, 0.3) is 0 Å². The van der Waals surface area contributed by atoms with E-state index in [4.69, 9.17) is 9.73 Å². The molecule has 0 bridgehead atoms. The highest BCUT2D eigenvalue weighted by atomic mass is 127. The van der Waals surface area contributed by atoms with Gasteiger partial charge in [-0.3, -0.25) is 9.89 Å². The lowest BCUT2D eigenvalue weighted by molar-refractivity contribution is 0.142. The van der Waals surface area contributed by atoms with E-state index >= 15 is 0 Å². The molecule has 2 aliphatic rings. The van der Waals surface area contributed by atoms with Crippen molar-refractivity contribution < 1.29 is 4.74 Å². The number of nitrogens with one attached hydrogen (secondary N) is 1. The van der Waals surface area contributed by atoms with E-state index in [2.05, 4.69) is 47.6 Å². The Morgan fingerprint density at radius 3 is 2.84 bits per heavy atom. The molecule has 0 aromatic carbocycles. The molecule has 2 aliphatic heterocycles. The molecule has 0 saturated carbocycles. The third kappa shape index (κ3) is 7.42. The molecule has 0 radical (unpaired) electrons. The average Bonchev–Trinajstić information content (AvgIpc) is 3.04. The molecule has 2 unspecified atom stereocenters. The van der Waals surface area contributed by atoms with Crippen LogP contribution in [-0.4, -0.2) is 85.8 Å². The van der Waals surface area contributed by atoms with Crippen LogP contribution in [-0.2, 0) is 4.74 Å². The predicted molar refractivity (Wildman–Crippen MR) is 121 cm³/mol. The lowest BCUT2D eigenvalue weighted by Crippen LogP contribution is -2.49. The molecule has 1 N–H and O–H groups in total. The van der Waals surface area contributed by atoms with Gasteiger partial charge in [-0.15, -0.1) is 24.0 Å². The van der Waals surface area contributed by atoms with Crippen LogP contribution in [0.1, 0.15) is 33.6 Å². The predicted octanol–water partition coefficient (Wildman–Crippen LogP) is 2.75. The molecular formula is C18H37IN4OS. The van der Waals surface area contributed by atoms with Crippen LogP contribution < -0.4 is 5.32 Å². The van der Waals surface area contributed by atoms with Gasteiger partial charge >= 0.3 is 0 Å². The van der Waals surface area contributed by atoms with Crippen molar-refractivity contribution in [1.82, 2.24) is 15.1 Å². The summed E-state index contributed by atoms with van der Waals surface area (Å²) >= 11 is 2.12. The monoisotopic (exact) mass is 484 g/mol. The second-order valence-electron chi connectivity index (χ2n) is 7.12. The zero-order valence-corrected chi connectivity index (χ0v) is 19.5. The van der Waals surface area contributed by atoms with Gasteiger partial charge in [0, 0.05) is 50.3 Å². The van der Waals surface area contributed by atoms with Gasteiger partial charge in [0.05, 0.1) is 13.2 Å². The number of hydrogen-bond acceptors (Lipinski definition) is 4. The van der Waals surface area contributed by atoms with Crippen molar-refractivity contribution in [1.29, 1.82) is 0 Å². The molecule has 2 atom stereocenters. The quantitative estimate of drug-likeness (QED) is 0.342. The lowest BCUT2D eigenvalue weighted by atomic mass is 10.1. The summed E-state index contributed by atoms with van der Waals surface area (Å²) in [5.41, 5.74) is 0. The second kappa shape index (κ2) is 12.6. The maximum atomic E-state index is 5.25. The van der Waals surface area contributed by atoms with Crippen LogP contribution in [0.15, 0.2) is 4.99 Å². The van der Waals surface area contributed by atoms with Gasteiger partial charge in [0.2, 0.25) is 0 Å².